The fourth-order valence-corrected chi connectivity index (χ4v) is 0.775. The average molecular weight is 154 g/mol. The molecule has 0 radical (unpaired) electrons. The molecule has 0 fully saturated rings. The molecular weight excluding hydrogens is 147 g/mol. The van der Waals surface area contributed by atoms with Gasteiger partial charge >= 0.3 is 0 Å². The topological polar surface area (TPSA) is 37.3 Å². The fourth-order valence-electron chi connectivity index (χ4n) is 0.775. The van der Waals surface area contributed by atoms with Gasteiger partial charge in [-0.05, 0) is 18.6 Å². The van der Waals surface area contributed by atoms with Crippen LogP contribution in [0, 0.1) is 12.7 Å². The van der Waals surface area contributed by atoms with Crippen molar-refractivity contribution in [3.8, 4) is 5.75 Å². The highest BCUT2D eigenvalue weighted by Crippen LogP contribution is 2.21. The maximum absolute atomic E-state index is 12.8. The Morgan fingerprint density at radius 1 is 1.55 bits per heavy atom. The van der Waals surface area contributed by atoms with Crippen LogP contribution in [0.4, 0.5) is 4.39 Å². The summed E-state index contributed by atoms with van der Waals surface area (Å²) in [5.74, 6) is -1.30. The van der Waals surface area contributed by atoms with E-state index in [0.29, 0.717) is 11.8 Å². The van der Waals surface area contributed by atoms with E-state index in [9.17, 15) is 9.18 Å². The number of carbonyl (C=O) groups excluding carboxylic acids is 1. The Bertz CT molecular complexity index is 294. The van der Waals surface area contributed by atoms with Gasteiger partial charge in [-0.15, -0.1) is 0 Å². The Labute approximate surface area is 63.3 Å². The van der Waals surface area contributed by atoms with Crippen molar-refractivity contribution < 1.29 is 14.3 Å². The summed E-state index contributed by atoms with van der Waals surface area (Å²) in [7, 11) is 0. The van der Waals surface area contributed by atoms with Crippen molar-refractivity contribution in [3.63, 3.8) is 0 Å². The molecular formula is C8H7FO2. The first-order valence-corrected chi connectivity index (χ1v) is 3.10. The summed E-state index contributed by atoms with van der Waals surface area (Å²) in [5.41, 5.74) is 0.307. The number of hydrogen-bond acceptors (Lipinski definition) is 2. The summed E-state index contributed by atoms with van der Waals surface area (Å²) in [5, 5.41) is 8.97. The Balaban J connectivity index is 3.36. The van der Waals surface area contributed by atoms with Crippen LogP contribution >= 0.6 is 0 Å². The first kappa shape index (κ1) is 7.72. The molecule has 11 heavy (non-hydrogen) atoms. The smallest absolute Gasteiger partial charge is 0.168 e. The third-order valence-corrected chi connectivity index (χ3v) is 1.47. The molecule has 1 aromatic rings. The van der Waals surface area contributed by atoms with Crippen LogP contribution in [0.3, 0.4) is 0 Å². The number of benzene rings is 1. The quantitative estimate of drug-likeness (QED) is 0.624. The van der Waals surface area contributed by atoms with Gasteiger partial charge in [-0.3, -0.25) is 4.79 Å². The summed E-state index contributed by atoms with van der Waals surface area (Å²) >= 11 is 0. The normalized spacial score (nSPS) is 9.64. The van der Waals surface area contributed by atoms with Gasteiger partial charge in [0.2, 0.25) is 0 Å². The molecule has 0 spiro atoms. The molecule has 0 bridgehead atoms. The van der Waals surface area contributed by atoms with Gasteiger partial charge < -0.3 is 5.11 Å². The van der Waals surface area contributed by atoms with Crippen LogP contribution in [0.2, 0.25) is 0 Å². The van der Waals surface area contributed by atoms with E-state index in [-0.39, 0.29) is 5.56 Å². The van der Waals surface area contributed by atoms with Crippen molar-refractivity contribution in [2.45, 2.75) is 6.92 Å². The molecule has 0 saturated carbocycles. The molecule has 58 valence electrons. The SMILES string of the molecule is Cc1ccc(C=O)c(O)c1F. The minimum atomic E-state index is -0.727. The number of halogens is 1. The van der Waals surface area contributed by atoms with Crippen LogP contribution in [0.5, 0.6) is 5.75 Å². The average Bonchev–Trinajstić information content (AvgIpc) is 2.01. The van der Waals surface area contributed by atoms with Crippen molar-refractivity contribution >= 4 is 6.29 Å². The molecule has 2 nitrogen and oxygen atoms in total. The maximum atomic E-state index is 12.8. The summed E-state index contributed by atoms with van der Waals surface area (Å²) in [6.07, 6.45) is 0.415. The molecule has 0 aliphatic heterocycles. The molecule has 1 N–H and O–H groups in total. The zero-order valence-electron chi connectivity index (χ0n) is 5.97. The molecule has 0 aliphatic carbocycles. The van der Waals surface area contributed by atoms with Crippen molar-refractivity contribution in [2.24, 2.45) is 0 Å². The number of carbonyl (C=O) groups is 1. The summed E-state index contributed by atoms with van der Waals surface area (Å²) in [6.45, 7) is 1.52. The van der Waals surface area contributed by atoms with E-state index in [0.717, 1.165) is 0 Å². The van der Waals surface area contributed by atoms with Gasteiger partial charge in [0.25, 0.3) is 0 Å². The Kier molecular flexibility index (Phi) is 1.89. The second-order valence-electron chi connectivity index (χ2n) is 2.25. The number of hydrogen-bond donors (Lipinski definition) is 1. The monoisotopic (exact) mass is 154 g/mol. The third kappa shape index (κ3) is 1.22. The third-order valence-electron chi connectivity index (χ3n) is 1.47. The van der Waals surface area contributed by atoms with Crippen molar-refractivity contribution in [2.75, 3.05) is 0 Å². The summed E-state index contributed by atoms with van der Waals surface area (Å²) in [6, 6.07) is 2.82. The zero-order chi connectivity index (χ0) is 8.43. The van der Waals surface area contributed by atoms with Gasteiger partial charge in [0.1, 0.15) is 0 Å². The molecule has 1 aromatic carbocycles. The van der Waals surface area contributed by atoms with Crippen LogP contribution in [-0.4, -0.2) is 11.4 Å². The van der Waals surface area contributed by atoms with E-state index in [4.69, 9.17) is 5.11 Å². The molecule has 0 aromatic heterocycles. The molecule has 0 unspecified atom stereocenters. The van der Waals surface area contributed by atoms with Crippen LogP contribution in [-0.2, 0) is 0 Å². The number of rotatable bonds is 1. The molecule has 0 saturated heterocycles. The van der Waals surface area contributed by atoms with Crippen LogP contribution in [0.1, 0.15) is 15.9 Å². The van der Waals surface area contributed by atoms with Gasteiger partial charge in [0, 0.05) is 0 Å². The van der Waals surface area contributed by atoms with Crippen molar-refractivity contribution in [1.82, 2.24) is 0 Å². The number of phenols is 1. The van der Waals surface area contributed by atoms with Crippen molar-refractivity contribution in [3.05, 3.63) is 29.1 Å². The zero-order valence-corrected chi connectivity index (χ0v) is 5.97. The Morgan fingerprint density at radius 2 is 2.18 bits per heavy atom. The summed E-state index contributed by atoms with van der Waals surface area (Å²) < 4.78 is 12.8. The van der Waals surface area contributed by atoms with Gasteiger partial charge in [-0.1, -0.05) is 6.07 Å². The number of phenolic OH excluding ortho intramolecular Hbond substituents is 1. The van der Waals surface area contributed by atoms with Crippen LogP contribution in [0.25, 0.3) is 0 Å². The molecule has 0 aliphatic rings. The largest absolute Gasteiger partial charge is 0.504 e. The lowest BCUT2D eigenvalue weighted by atomic mass is 10.1. The lowest BCUT2D eigenvalue weighted by molar-refractivity contribution is 0.112. The van der Waals surface area contributed by atoms with E-state index < -0.39 is 11.6 Å². The van der Waals surface area contributed by atoms with Crippen molar-refractivity contribution in [1.29, 1.82) is 0 Å². The highest BCUT2D eigenvalue weighted by atomic mass is 19.1. The highest BCUT2D eigenvalue weighted by Gasteiger charge is 2.07. The predicted molar refractivity (Wildman–Crippen MR) is 38.2 cm³/mol. The molecule has 0 heterocycles. The second kappa shape index (κ2) is 2.70. The van der Waals surface area contributed by atoms with Gasteiger partial charge in [-0.2, -0.15) is 0 Å². The number of aromatic hydroxyl groups is 1. The second-order valence-corrected chi connectivity index (χ2v) is 2.25. The first-order chi connectivity index (χ1) is 5.16. The van der Waals surface area contributed by atoms with E-state index in [1.54, 1.807) is 0 Å². The molecule has 0 atom stereocenters. The minimum Gasteiger partial charge on any atom is -0.504 e. The lowest BCUT2D eigenvalue weighted by Crippen LogP contribution is -1.88. The van der Waals surface area contributed by atoms with E-state index >= 15 is 0 Å². The molecule has 3 heteroatoms. The Morgan fingerprint density at radius 3 is 2.73 bits per heavy atom. The van der Waals surface area contributed by atoms with Crippen LogP contribution < -0.4 is 0 Å². The number of aryl methyl sites for hydroxylation is 1. The van der Waals surface area contributed by atoms with Gasteiger partial charge in [0.05, 0.1) is 5.56 Å². The van der Waals surface area contributed by atoms with E-state index in [1.165, 1.54) is 19.1 Å². The predicted octanol–water partition coefficient (Wildman–Crippen LogP) is 1.65. The highest BCUT2D eigenvalue weighted by molar-refractivity contribution is 5.79. The minimum absolute atomic E-state index is 0.0203. The Hall–Kier alpha value is -1.38. The lowest BCUT2D eigenvalue weighted by Gasteiger charge is -2.00. The molecule has 0 amide bonds. The van der Waals surface area contributed by atoms with Crippen LogP contribution in [0.15, 0.2) is 12.1 Å². The van der Waals surface area contributed by atoms with Gasteiger partial charge in [0.15, 0.2) is 17.9 Å². The van der Waals surface area contributed by atoms with E-state index in [1.807, 2.05) is 0 Å². The van der Waals surface area contributed by atoms with Gasteiger partial charge in [-0.25, -0.2) is 4.39 Å². The standard InChI is InChI=1S/C8H7FO2/c1-5-2-3-6(4-10)8(11)7(5)9/h2-4,11H,1H3. The molecule has 1 rings (SSSR count). The van der Waals surface area contributed by atoms with E-state index in [2.05, 4.69) is 0 Å². The fraction of sp³-hybridized carbons (Fsp3) is 0.125. The first-order valence-electron chi connectivity index (χ1n) is 3.10. The summed E-state index contributed by atoms with van der Waals surface area (Å²) in [4.78, 5) is 10.2. The maximum Gasteiger partial charge on any atom is 0.168 e. The number of aldehydes is 1.